The van der Waals surface area contributed by atoms with Crippen molar-refractivity contribution in [2.24, 2.45) is 5.92 Å². The second-order valence-corrected chi connectivity index (χ2v) is 4.67. The molecule has 2 atom stereocenters. The van der Waals surface area contributed by atoms with Crippen LogP contribution < -0.4 is 0 Å². The van der Waals surface area contributed by atoms with Crippen molar-refractivity contribution in [2.75, 3.05) is 13.1 Å². The highest BCUT2D eigenvalue weighted by Crippen LogP contribution is 2.26. The van der Waals surface area contributed by atoms with Gasteiger partial charge in [0, 0.05) is 11.6 Å². The van der Waals surface area contributed by atoms with Gasteiger partial charge in [-0.25, -0.2) is 0 Å². The Kier molecular flexibility index (Phi) is 4.61. The van der Waals surface area contributed by atoms with E-state index >= 15 is 0 Å². The van der Waals surface area contributed by atoms with E-state index in [0.717, 1.165) is 25.8 Å². The van der Waals surface area contributed by atoms with Crippen LogP contribution in [0, 0.1) is 5.92 Å². The Morgan fingerprint density at radius 1 is 1.67 bits per heavy atom. The van der Waals surface area contributed by atoms with Crippen molar-refractivity contribution in [3.63, 3.8) is 0 Å². The van der Waals surface area contributed by atoms with Crippen LogP contribution in [0.2, 0.25) is 0 Å². The third kappa shape index (κ3) is 3.50. The Morgan fingerprint density at radius 3 is 2.80 bits per heavy atom. The van der Waals surface area contributed by atoms with Crippen LogP contribution in [0.25, 0.3) is 0 Å². The maximum absolute atomic E-state index is 11.1. The molecule has 3 nitrogen and oxygen atoms in total. The van der Waals surface area contributed by atoms with Crippen LogP contribution in [0.4, 0.5) is 0 Å². The molecule has 0 radical (unpaired) electrons. The summed E-state index contributed by atoms with van der Waals surface area (Å²) in [4.78, 5) is 13.0. The SMILES string of the molecule is C=C(Cl)CN1CCC(CC)CC1C(=O)O. The van der Waals surface area contributed by atoms with E-state index in [-0.39, 0.29) is 6.04 Å². The van der Waals surface area contributed by atoms with Crippen LogP contribution in [0.5, 0.6) is 0 Å². The number of halogens is 1. The minimum absolute atomic E-state index is 0.390. The summed E-state index contributed by atoms with van der Waals surface area (Å²) in [6.07, 6.45) is 2.85. The van der Waals surface area contributed by atoms with E-state index in [9.17, 15) is 4.79 Å². The fourth-order valence-electron chi connectivity index (χ4n) is 2.12. The van der Waals surface area contributed by atoms with Crippen LogP contribution in [0.1, 0.15) is 26.2 Å². The molecule has 86 valence electrons. The molecule has 0 aromatic heterocycles. The number of rotatable bonds is 4. The molecule has 0 aromatic rings. The molecular formula is C11H18ClNO2. The van der Waals surface area contributed by atoms with Gasteiger partial charge in [-0.05, 0) is 25.3 Å². The van der Waals surface area contributed by atoms with Crippen molar-refractivity contribution in [3.8, 4) is 0 Å². The summed E-state index contributed by atoms with van der Waals surface area (Å²) >= 11 is 5.72. The molecular weight excluding hydrogens is 214 g/mol. The number of likely N-dealkylation sites (tertiary alicyclic amines) is 1. The third-order valence-electron chi connectivity index (χ3n) is 3.06. The second-order valence-electron chi connectivity index (χ2n) is 4.14. The number of hydrogen-bond acceptors (Lipinski definition) is 2. The lowest BCUT2D eigenvalue weighted by Gasteiger charge is -2.36. The summed E-state index contributed by atoms with van der Waals surface area (Å²) in [5.41, 5.74) is 0. The lowest BCUT2D eigenvalue weighted by molar-refractivity contribution is -0.145. The normalized spacial score (nSPS) is 27.6. The second kappa shape index (κ2) is 5.52. The van der Waals surface area contributed by atoms with Crippen molar-refractivity contribution in [1.29, 1.82) is 0 Å². The van der Waals surface area contributed by atoms with Gasteiger partial charge < -0.3 is 5.11 Å². The predicted octanol–water partition coefficient (Wildman–Crippen LogP) is 2.31. The van der Waals surface area contributed by atoms with Crippen LogP contribution in [0.15, 0.2) is 11.6 Å². The Labute approximate surface area is 95.7 Å². The van der Waals surface area contributed by atoms with Crippen LogP contribution in [-0.2, 0) is 4.79 Å². The summed E-state index contributed by atoms with van der Waals surface area (Å²) < 4.78 is 0. The molecule has 1 aliphatic heterocycles. The molecule has 1 fully saturated rings. The molecule has 0 aromatic carbocycles. The molecule has 0 saturated carbocycles. The molecule has 1 N–H and O–H groups in total. The van der Waals surface area contributed by atoms with Gasteiger partial charge in [-0.3, -0.25) is 9.69 Å². The molecule has 1 saturated heterocycles. The van der Waals surface area contributed by atoms with Gasteiger partial charge in [0.1, 0.15) is 6.04 Å². The largest absolute Gasteiger partial charge is 0.480 e. The van der Waals surface area contributed by atoms with Gasteiger partial charge in [0.15, 0.2) is 0 Å². The summed E-state index contributed by atoms with van der Waals surface area (Å²) in [6, 6.07) is -0.390. The molecule has 0 aliphatic carbocycles. The number of piperidine rings is 1. The van der Waals surface area contributed by atoms with Gasteiger partial charge in [0.25, 0.3) is 0 Å². The molecule has 0 amide bonds. The van der Waals surface area contributed by atoms with E-state index in [2.05, 4.69) is 13.5 Å². The van der Waals surface area contributed by atoms with E-state index in [1.807, 2.05) is 4.90 Å². The van der Waals surface area contributed by atoms with Gasteiger partial charge in [-0.1, -0.05) is 31.5 Å². The quantitative estimate of drug-likeness (QED) is 0.807. The lowest BCUT2D eigenvalue weighted by Crippen LogP contribution is -2.47. The number of hydrogen-bond donors (Lipinski definition) is 1. The minimum atomic E-state index is -0.744. The van der Waals surface area contributed by atoms with Gasteiger partial charge in [0.05, 0.1) is 0 Å². The van der Waals surface area contributed by atoms with Gasteiger partial charge in [-0.15, -0.1) is 0 Å². The molecule has 0 spiro atoms. The lowest BCUT2D eigenvalue weighted by atomic mass is 9.89. The highest BCUT2D eigenvalue weighted by atomic mass is 35.5. The Balaban J connectivity index is 2.63. The van der Waals surface area contributed by atoms with Crippen molar-refractivity contribution >= 4 is 17.6 Å². The van der Waals surface area contributed by atoms with Crippen LogP contribution >= 0.6 is 11.6 Å². The molecule has 15 heavy (non-hydrogen) atoms. The van der Waals surface area contributed by atoms with E-state index in [0.29, 0.717) is 17.5 Å². The number of nitrogens with zero attached hydrogens (tertiary/aromatic N) is 1. The molecule has 1 heterocycles. The summed E-state index contributed by atoms with van der Waals surface area (Å²) in [6.45, 7) is 7.01. The Hall–Kier alpha value is -0.540. The highest BCUT2D eigenvalue weighted by molar-refractivity contribution is 6.29. The zero-order chi connectivity index (χ0) is 11.4. The van der Waals surface area contributed by atoms with Crippen molar-refractivity contribution < 1.29 is 9.90 Å². The summed E-state index contributed by atoms with van der Waals surface area (Å²) in [5.74, 6) is -0.211. The van der Waals surface area contributed by atoms with Gasteiger partial charge in [0.2, 0.25) is 0 Å². The third-order valence-corrected chi connectivity index (χ3v) is 3.18. The minimum Gasteiger partial charge on any atom is -0.480 e. The fourth-order valence-corrected chi connectivity index (χ4v) is 2.28. The predicted molar refractivity (Wildman–Crippen MR) is 61.0 cm³/mol. The van der Waals surface area contributed by atoms with Crippen LogP contribution in [-0.4, -0.2) is 35.1 Å². The number of carboxylic acids is 1. The molecule has 1 aliphatic rings. The zero-order valence-electron chi connectivity index (χ0n) is 9.08. The van der Waals surface area contributed by atoms with E-state index in [1.54, 1.807) is 0 Å². The smallest absolute Gasteiger partial charge is 0.320 e. The first-order valence-electron chi connectivity index (χ1n) is 5.34. The average molecular weight is 232 g/mol. The van der Waals surface area contributed by atoms with E-state index < -0.39 is 5.97 Å². The summed E-state index contributed by atoms with van der Waals surface area (Å²) in [5, 5.41) is 9.63. The van der Waals surface area contributed by atoms with E-state index in [1.165, 1.54) is 0 Å². The van der Waals surface area contributed by atoms with E-state index in [4.69, 9.17) is 16.7 Å². The monoisotopic (exact) mass is 231 g/mol. The number of carbonyl (C=O) groups is 1. The van der Waals surface area contributed by atoms with Gasteiger partial charge in [-0.2, -0.15) is 0 Å². The topological polar surface area (TPSA) is 40.5 Å². The van der Waals surface area contributed by atoms with Crippen molar-refractivity contribution in [2.45, 2.75) is 32.2 Å². The number of aliphatic carboxylic acids is 1. The number of carboxylic acid groups (broad SMARTS) is 1. The van der Waals surface area contributed by atoms with Crippen LogP contribution in [0.3, 0.4) is 0 Å². The van der Waals surface area contributed by atoms with Gasteiger partial charge >= 0.3 is 5.97 Å². The molecule has 0 bridgehead atoms. The molecule has 4 heteroatoms. The Morgan fingerprint density at radius 2 is 2.33 bits per heavy atom. The Bertz CT molecular complexity index is 255. The summed E-state index contributed by atoms with van der Waals surface area (Å²) in [7, 11) is 0. The fraction of sp³-hybridized carbons (Fsp3) is 0.727. The molecule has 1 rings (SSSR count). The van der Waals surface area contributed by atoms with Crippen molar-refractivity contribution in [1.82, 2.24) is 4.90 Å². The first-order chi connectivity index (χ1) is 7.04. The average Bonchev–Trinajstić information content (AvgIpc) is 2.17. The maximum Gasteiger partial charge on any atom is 0.320 e. The highest BCUT2D eigenvalue weighted by Gasteiger charge is 2.32. The first kappa shape index (κ1) is 12.5. The standard InChI is InChI=1S/C11H18ClNO2/c1-3-9-4-5-13(7-8(2)12)10(6-9)11(14)15/h9-10H,2-7H2,1H3,(H,14,15). The first-order valence-corrected chi connectivity index (χ1v) is 5.72. The zero-order valence-corrected chi connectivity index (χ0v) is 9.83. The molecule has 2 unspecified atom stereocenters. The van der Waals surface area contributed by atoms with Crippen molar-refractivity contribution in [3.05, 3.63) is 11.6 Å². The maximum atomic E-state index is 11.1.